The summed E-state index contributed by atoms with van der Waals surface area (Å²) in [5, 5.41) is 0. The van der Waals surface area contributed by atoms with Crippen molar-refractivity contribution in [1.29, 1.82) is 0 Å². The molecule has 0 aliphatic carbocycles. The summed E-state index contributed by atoms with van der Waals surface area (Å²) >= 11 is 3.49. The van der Waals surface area contributed by atoms with E-state index >= 15 is 0 Å². The Morgan fingerprint density at radius 2 is 1.91 bits per heavy atom. The molecule has 1 aliphatic heterocycles. The molecular weight excluding hydrogens is 344 g/mol. The van der Waals surface area contributed by atoms with Crippen LogP contribution in [0.15, 0.2) is 46.9 Å². The lowest BCUT2D eigenvalue weighted by Crippen LogP contribution is -2.25. The highest BCUT2D eigenvalue weighted by molar-refractivity contribution is 9.10. The molecule has 1 unspecified atom stereocenters. The molecule has 1 atom stereocenters. The first-order valence-corrected chi connectivity index (χ1v) is 8.33. The van der Waals surface area contributed by atoms with Gasteiger partial charge in [-0.1, -0.05) is 34.1 Å². The van der Waals surface area contributed by atoms with Crippen molar-refractivity contribution < 1.29 is 14.2 Å². The third kappa shape index (κ3) is 3.81. The lowest BCUT2D eigenvalue weighted by molar-refractivity contribution is -0.106. The Kier molecular flexibility index (Phi) is 5.01. The average molecular weight is 363 g/mol. The molecule has 0 spiro atoms. The van der Waals surface area contributed by atoms with E-state index in [4.69, 9.17) is 14.2 Å². The van der Waals surface area contributed by atoms with Gasteiger partial charge in [0.2, 0.25) is 0 Å². The van der Waals surface area contributed by atoms with Gasteiger partial charge in [0.25, 0.3) is 0 Å². The second kappa shape index (κ2) is 7.16. The number of hydrogen-bond donors (Lipinski definition) is 0. The molecule has 1 saturated heterocycles. The molecular formula is C18H19BrO3. The van der Waals surface area contributed by atoms with E-state index < -0.39 is 0 Å². The van der Waals surface area contributed by atoms with Crippen LogP contribution in [0, 0.1) is 6.92 Å². The summed E-state index contributed by atoms with van der Waals surface area (Å²) in [5.74, 6) is 2.23. The first-order chi connectivity index (χ1) is 10.7. The number of aryl methyl sites for hydroxylation is 1. The van der Waals surface area contributed by atoms with Crippen LogP contribution in [0.5, 0.6) is 17.2 Å². The zero-order chi connectivity index (χ0) is 15.4. The van der Waals surface area contributed by atoms with Crippen molar-refractivity contribution in [2.24, 2.45) is 0 Å². The van der Waals surface area contributed by atoms with E-state index in [0.29, 0.717) is 11.5 Å². The SMILES string of the molecule is Cc1ccccc1Oc1cc(Br)ccc1OC1CCCCO1. The minimum absolute atomic E-state index is 0.186. The third-order valence-electron chi connectivity index (χ3n) is 3.62. The van der Waals surface area contributed by atoms with Crippen LogP contribution < -0.4 is 9.47 Å². The summed E-state index contributed by atoms with van der Waals surface area (Å²) in [5.41, 5.74) is 1.09. The minimum Gasteiger partial charge on any atom is -0.461 e. The quantitative estimate of drug-likeness (QED) is 0.722. The summed E-state index contributed by atoms with van der Waals surface area (Å²) < 4.78 is 18.6. The largest absolute Gasteiger partial charge is 0.461 e. The van der Waals surface area contributed by atoms with Gasteiger partial charge in [-0.25, -0.2) is 0 Å². The molecule has 0 bridgehead atoms. The maximum absolute atomic E-state index is 6.05. The molecule has 3 rings (SSSR count). The number of rotatable bonds is 4. The van der Waals surface area contributed by atoms with Crippen LogP contribution in [0.2, 0.25) is 0 Å². The van der Waals surface area contributed by atoms with E-state index in [9.17, 15) is 0 Å². The Balaban J connectivity index is 1.82. The lowest BCUT2D eigenvalue weighted by atomic mass is 10.2. The van der Waals surface area contributed by atoms with Gasteiger partial charge < -0.3 is 14.2 Å². The summed E-state index contributed by atoms with van der Waals surface area (Å²) in [6.45, 7) is 2.78. The highest BCUT2D eigenvalue weighted by Crippen LogP contribution is 2.36. The van der Waals surface area contributed by atoms with Crippen LogP contribution in [-0.4, -0.2) is 12.9 Å². The molecule has 2 aromatic carbocycles. The summed E-state index contributed by atoms with van der Waals surface area (Å²) in [4.78, 5) is 0. The molecule has 1 fully saturated rings. The standard InChI is InChI=1S/C18H19BrO3/c1-13-6-2-3-7-15(13)21-17-12-14(19)9-10-16(17)22-18-8-4-5-11-20-18/h2-3,6-7,9-10,12,18H,4-5,8,11H2,1H3. The molecule has 1 heterocycles. The smallest absolute Gasteiger partial charge is 0.200 e. The highest BCUT2D eigenvalue weighted by Gasteiger charge is 2.18. The molecule has 0 amide bonds. The predicted octanol–water partition coefficient (Wildman–Crippen LogP) is 5.46. The first-order valence-electron chi connectivity index (χ1n) is 7.54. The fourth-order valence-corrected chi connectivity index (χ4v) is 2.73. The molecule has 1 aliphatic rings. The van der Waals surface area contributed by atoms with Crippen molar-refractivity contribution in [3.8, 4) is 17.2 Å². The highest BCUT2D eigenvalue weighted by atomic mass is 79.9. The maximum Gasteiger partial charge on any atom is 0.200 e. The average Bonchev–Trinajstić information content (AvgIpc) is 2.53. The Morgan fingerprint density at radius 3 is 2.68 bits per heavy atom. The Bertz CT molecular complexity index is 636. The molecule has 3 nitrogen and oxygen atoms in total. The number of hydrogen-bond acceptors (Lipinski definition) is 3. The molecule has 0 N–H and O–H groups in total. The number of halogens is 1. The van der Waals surface area contributed by atoms with Gasteiger partial charge in [0.05, 0.1) is 6.61 Å². The van der Waals surface area contributed by atoms with Gasteiger partial charge in [-0.2, -0.15) is 0 Å². The third-order valence-corrected chi connectivity index (χ3v) is 4.11. The van der Waals surface area contributed by atoms with Gasteiger partial charge in [0, 0.05) is 10.9 Å². The van der Waals surface area contributed by atoms with E-state index in [1.165, 1.54) is 0 Å². The van der Waals surface area contributed by atoms with Crippen LogP contribution in [-0.2, 0) is 4.74 Å². The van der Waals surface area contributed by atoms with Crippen molar-refractivity contribution in [3.05, 3.63) is 52.5 Å². The fraction of sp³-hybridized carbons (Fsp3) is 0.333. The van der Waals surface area contributed by atoms with E-state index in [1.54, 1.807) is 0 Å². The lowest BCUT2D eigenvalue weighted by Gasteiger charge is -2.24. The van der Waals surface area contributed by atoms with Crippen LogP contribution in [0.3, 0.4) is 0 Å². The second-order valence-corrected chi connectivity index (χ2v) is 6.29. The Labute approximate surface area is 139 Å². The zero-order valence-electron chi connectivity index (χ0n) is 12.5. The maximum atomic E-state index is 6.05. The molecule has 4 heteroatoms. The molecule has 0 aromatic heterocycles. The number of ether oxygens (including phenoxy) is 3. The van der Waals surface area contributed by atoms with Gasteiger partial charge in [-0.15, -0.1) is 0 Å². The summed E-state index contributed by atoms with van der Waals surface area (Å²) in [6, 6.07) is 13.7. The Hall–Kier alpha value is -1.52. The van der Waals surface area contributed by atoms with Crippen LogP contribution in [0.25, 0.3) is 0 Å². The second-order valence-electron chi connectivity index (χ2n) is 5.37. The van der Waals surface area contributed by atoms with E-state index in [1.807, 2.05) is 49.4 Å². The van der Waals surface area contributed by atoms with Crippen molar-refractivity contribution in [1.82, 2.24) is 0 Å². The minimum atomic E-state index is -0.186. The van der Waals surface area contributed by atoms with Crippen molar-refractivity contribution in [2.45, 2.75) is 32.5 Å². The number of para-hydroxylation sites is 1. The van der Waals surface area contributed by atoms with Gasteiger partial charge in [0.1, 0.15) is 5.75 Å². The molecule has 0 radical (unpaired) electrons. The van der Waals surface area contributed by atoms with Crippen molar-refractivity contribution >= 4 is 15.9 Å². The van der Waals surface area contributed by atoms with Gasteiger partial charge in [-0.3, -0.25) is 0 Å². The van der Waals surface area contributed by atoms with Crippen LogP contribution >= 0.6 is 15.9 Å². The summed E-state index contributed by atoms with van der Waals surface area (Å²) in [6.07, 6.45) is 2.97. The molecule has 2 aromatic rings. The van der Waals surface area contributed by atoms with Crippen molar-refractivity contribution in [2.75, 3.05) is 6.61 Å². The van der Waals surface area contributed by atoms with Crippen molar-refractivity contribution in [3.63, 3.8) is 0 Å². The monoisotopic (exact) mass is 362 g/mol. The molecule has 22 heavy (non-hydrogen) atoms. The topological polar surface area (TPSA) is 27.7 Å². The van der Waals surface area contributed by atoms with Gasteiger partial charge in [0.15, 0.2) is 17.8 Å². The van der Waals surface area contributed by atoms with Crippen LogP contribution in [0.1, 0.15) is 24.8 Å². The number of benzene rings is 2. The normalized spacial score (nSPS) is 18.0. The van der Waals surface area contributed by atoms with Crippen LogP contribution in [0.4, 0.5) is 0 Å². The van der Waals surface area contributed by atoms with E-state index in [-0.39, 0.29) is 6.29 Å². The zero-order valence-corrected chi connectivity index (χ0v) is 14.1. The van der Waals surface area contributed by atoms with Gasteiger partial charge in [-0.05, 0) is 49.6 Å². The predicted molar refractivity (Wildman–Crippen MR) is 89.6 cm³/mol. The fourth-order valence-electron chi connectivity index (χ4n) is 2.39. The molecule has 116 valence electrons. The first kappa shape index (κ1) is 15.4. The molecule has 0 saturated carbocycles. The Morgan fingerprint density at radius 1 is 1.05 bits per heavy atom. The van der Waals surface area contributed by atoms with E-state index in [2.05, 4.69) is 15.9 Å². The van der Waals surface area contributed by atoms with E-state index in [0.717, 1.165) is 41.7 Å². The summed E-state index contributed by atoms with van der Waals surface area (Å²) in [7, 11) is 0. The van der Waals surface area contributed by atoms with Gasteiger partial charge >= 0.3 is 0 Å².